The van der Waals surface area contributed by atoms with Gasteiger partial charge in [0.2, 0.25) is 5.91 Å². The van der Waals surface area contributed by atoms with Gasteiger partial charge in [-0.3, -0.25) is 4.79 Å². The summed E-state index contributed by atoms with van der Waals surface area (Å²) in [6.07, 6.45) is 8.70. The van der Waals surface area contributed by atoms with Crippen LogP contribution in [-0.2, 0) is 14.3 Å². The van der Waals surface area contributed by atoms with Crippen LogP contribution in [0.15, 0.2) is 0 Å². The van der Waals surface area contributed by atoms with E-state index in [-0.39, 0.29) is 23.0 Å². The molecule has 1 saturated carbocycles. The van der Waals surface area contributed by atoms with Crippen molar-refractivity contribution >= 4 is 5.91 Å². The summed E-state index contributed by atoms with van der Waals surface area (Å²) in [5.41, 5.74) is 0.0415. The van der Waals surface area contributed by atoms with Crippen LogP contribution in [0.4, 0.5) is 0 Å². The normalized spacial score (nSPS) is 21.6. The molecule has 1 aliphatic carbocycles. The predicted octanol–water partition coefficient (Wildman–Crippen LogP) is 5.74. The average molecular weight is 398 g/mol. The monoisotopic (exact) mass is 397 g/mol. The van der Waals surface area contributed by atoms with E-state index in [0.717, 1.165) is 31.6 Å². The van der Waals surface area contributed by atoms with Crippen LogP contribution in [0.3, 0.4) is 0 Å². The molecule has 0 aromatic heterocycles. The molecule has 166 valence electrons. The lowest BCUT2D eigenvalue weighted by Gasteiger charge is -2.33. The fourth-order valence-electron chi connectivity index (χ4n) is 3.93. The minimum Gasteiger partial charge on any atom is -0.379 e. The number of methoxy groups -OCH3 is 1. The van der Waals surface area contributed by atoms with Crippen molar-refractivity contribution in [3.63, 3.8) is 0 Å². The molecule has 0 saturated heterocycles. The lowest BCUT2D eigenvalue weighted by atomic mass is 9.73. The quantitative estimate of drug-likeness (QED) is 0.457. The number of carbonyl (C=O) groups excluding carboxylic acids is 1. The number of amides is 1. The van der Waals surface area contributed by atoms with E-state index >= 15 is 0 Å². The van der Waals surface area contributed by atoms with Gasteiger partial charge in [-0.05, 0) is 84.0 Å². The molecule has 1 amide bonds. The average Bonchev–Trinajstić information content (AvgIpc) is 2.61. The summed E-state index contributed by atoms with van der Waals surface area (Å²) >= 11 is 0. The zero-order valence-electron chi connectivity index (χ0n) is 20.0. The van der Waals surface area contributed by atoms with E-state index in [9.17, 15) is 4.79 Å². The summed E-state index contributed by atoms with van der Waals surface area (Å²) < 4.78 is 11.5. The number of hydrogen-bond acceptors (Lipinski definition) is 3. The molecule has 0 bridgehead atoms. The van der Waals surface area contributed by atoms with Gasteiger partial charge in [-0.25, -0.2) is 0 Å². The highest BCUT2D eigenvalue weighted by Gasteiger charge is 2.30. The van der Waals surface area contributed by atoms with Gasteiger partial charge >= 0.3 is 0 Å². The van der Waals surface area contributed by atoms with Crippen LogP contribution in [0, 0.1) is 17.3 Å². The Bertz CT molecular complexity index is 462. The molecule has 4 nitrogen and oxygen atoms in total. The molecule has 4 heteroatoms. The largest absolute Gasteiger partial charge is 0.379 e. The maximum Gasteiger partial charge on any atom is 0.223 e. The second-order valence-corrected chi connectivity index (χ2v) is 10.8. The van der Waals surface area contributed by atoms with E-state index in [4.69, 9.17) is 9.47 Å². The molecule has 0 radical (unpaired) electrons. The van der Waals surface area contributed by atoms with Gasteiger partial charge in [0, 0.05) is 19.6 Å². The van der Waals surface area contributed by atoms with Gasteiger partial charge in [-0.2, -0.15) is 0 Å². The van der Waals surface area contributed by atoms with E-state index in [1.165, 1.54) is 25.7 Å². The van der Waals surface area contributed by atoms with Crippen LogP contribution in [0.5, 0.6) is 0 Å². The van der Waals surface area contributed by atoms with Gasteiger partial charge in [0.25, 0.3) is 0 Å². The summed E-state index contributed by atoms with van der Waals surface area (Å²) in [5.74, 6) is 1.24. The van der Waals surface area contributed by atoms with Crippen LogP contribution < -0.4 is 5.32 Å². The number of nitrogens with one attached hydrogen (secondary N) is 1. The first-order chi connectivity index (χ1) is 12.9. The van der Waals surface area contributed by atoms with E-state index in [2.05, 4.69) is 53.8 Å². The molecule has 0 aromatic rings. The summed E-state index contributed by atoms with van der Waals surface area (Å²) in [4.78, 5) is 12.5. The van der Waals surface area contributed by atoms with E-state index in [1.807, 2.05) is 0 Å². The number of rotatable bonds is 12. The predicted molar refractivity (Wildman–Crippen MR) is 117 cm³/mol. The third-order valence-corrected chi connectivity index (χ3v) is 6.79. The third-order valence-electron chi connectivity index (χ3n) is 6.79. The van der Waals surface area contributed by atoms with E-state index < -0.39 is 0 Å². The van der Waals surface area contributed by atoms with E-state index in [0.29, 0.717) is 18.6 Å². The molecule has 0 unspecified atom stereocenters. The highest BCUT2D eigenvalue weighted by atomic mass is 16.5. The van der Waals surface area contributed by atoms with Gasteiger partial charge < -0.3 is 14.8 Å². The first-order valence-corrected chi connectivity index (χ1v) is 11.4. The summed E-state index contributed by atoms with van der Waals surface area (Å²) in [7, 11) is 1.73. The van der Waals surface area contributed by atoms with Crippen molar-refractivity contribution in [3.8, 4) is 0 Å². The summed E-state index contributed by atoms with van der Waals surface area (Å²) in [6, 6.07) is 0. The Morgan fingerprint density at radius 2 is 1.57 bits per heavy atom. The minimum absolute atomic E-state index is 0.157. The van der Waals surface area contributed by atoms with E-state index in [1.54, 1.807) is 7.11 Å². The Morgan fingerprint density at radius 1 is 0.964 bits per heavy atom. The second kappa shape index (κ2) is 11.0. The Balaban J connectivity index is 2.26. The van der Waals surface area contributed by atoms with Crippen molar-refractivity contribution in [2.45, 2.75) is 111 Å². The van der Waals surface area contributed by atoms with Crippen molar-refractivity contribution in [1.82, 2.24) is 5.32 Å². The summed E-state index contributed by atoms with van der Waals surface area (Å²) in [5, 5.41) is 3.16. The summed E-state index contributed by atoms with van der Waals surface area (Å²) in [6.45, 7) is 16.7. The Kier molecular flexibility index (Phi) is 9.96. The van der Waals surface area contributed by atoms with Crippen molar-refractivity contribution in [3.05, 3.63) is 0 Å². The maximum atomic E-state index is 12.5. The zero-order chi connectivity index (χ0) is 21.4. The third kappa shape index (κ3) is 9.73. The van der Waals surface area contributed by atoms with Crippen molar-refractivity contribution in [1.29, 1.82) is 0 Å². The lowest BCUT2D eigenvalue weighted by Crippen LogP contribution is -2.38. The number of carbonyl (C=O) groups is 1. The molecule has 0 aromatic carbocycles. The molecule has 1 rings (SSSR count). The fraction of sp³-hybridized carbons (Fsp3) is 0.958. The molecule has 0 aliphatic heterocycles. The lowest BCUT2D eigenvalue weighted by molar-refractivity contribution is -0.126. The Hall–Kier alpha value is -0.610. The number of hydrogen-bond donors (Lipinski definition) is 1. The van der Waals surface area contributed by atoms with Crippen LogP contribution in [0.1, 0.15) is 99.8 Å². The molecule has 28 heavy (non-hydrogen) atoms. The minimum atomic E-state index is -0.236. The van der Waals surface area contributed by atoms with Gasteiger partial charge in [-0.1, -0.05) is 27.2 Å². The first kappa shape index (κ1) is 25.4. The van der Waals surface area contributed by atoms with Gasteiger partial charge in [0.05, 0.1) is 17.8 Å². The molecule has 1 N–H and O–H groups in total. The fourth-order valence-corrected chi connectivity index (χ4v) is 3.93. The molecule has 1 fully saturated rings. The zero-order valence-corrected chi connectivity index (χ0v) is 20.0. The Labute approximate surface area is 174 Å². The molecule has 0 atom stereocenters. The maximum absolute atomic E-state index is 12.5. The smallest absolute Gasteiger partial charge is 0.223 e. The van der Waals surface area contributed by atoms with Gasteiger partial charge in [-0.15, -0.1) is 0 Å². The van der Waals surface area contributed by atoms with Crippen LogP contribution in [0.2, 0.25) is 0 Å². The van der Waals surface area contributed by atoms with Crippen LogP contribution in [0.25, 0.3) is 0 Å². The van der Waals surface area contributed by atoms with Crippen molar-refractivity contribution < 1.29 is 14.3 Å². The highest BCUT2D eigenvalue weighted by molar-refractivity contribution is 5.78. The Morgan fingerprint density at radius 3 is 2.11 bits per heavy atom. The first-order valence-electron chi connectivity index (χ1n) is 11.4. The molecular weight excluding hydrogens is 350 g/mol. The van der Waals surface area contributed by atoms with Gasteiger partial charge in [0.15, 0.2) is 0 Å². The molecule has 0 spiro atoms. The van der Waals surface area contributed by atoms with Gasteiger partial charge in [0.1, 0.15) is 0 Å². The second-order valence-electron chi connectivity index (χ2n) is 10.8. The highest BCUT2D eigenvalue weighted by Crippen LogP contribution is 2.38. The molecule has 0 heterocycles. The molecule has 1 aliphatic rings. The van der Waals surface area contributed by atoms with Crippen LogP contribution >= 0.6 is 0 Å². The van der Waals surface area contributed by atoms with Crippen molar-refractivity contribution in [2.75, 3.05) is 20.3 Å². The standard InChI is InChI=1S/C24H47NO3/c1-9-22(2,3)18-19-10-12-20(13-11-19)21(26)25-16-14-24(6,7)28-17-15-23(4,5)27-8/h19-20H,9-18H2,1-8H3,(H,25,26). The number of ether oxygens (including phenoxy) is 2. The SMILES string of the molecule is CCC(C)(C)CC1CCC(C(=O)NCCC(C)(C)OCCC(C)(C)OC)CC1. The molecular formula is C24H47NO3. The van der Waals surface area contributed by atoms with Crippen LogP contribution in [-0.4, -0.2) is 37.4 Å². The van der Waals surface area contributed by atoms with Crippen molar-refractivity contribution in [2.24, 2.45) is 17.3 Å². The topological polar surface area (TPSA) is 47.6 Å².